The molecule has 0 spiro atoms. The largest absolute Gasteiger partial charge is 0.336 e. The molecule has 0 saturated heterocycles. The summed E-state index contributed by atoms with van der Waals surface area (Å²) >= 11 is 0. The average Bonchev–Trinajstić information content (AvgIpc) is 2.99. The number of nitrogens with one attached hydrogen (secondary N) is 1. The molecule has 1 aromatic heterocycles. The molecular formula is C17H16FN3O2S. The summed E-state index contributed by atoms with van der Waals surface area (Å²) in [5, 5.41) is 0. The predicted molar refractivity (Wildman–Crippen MR) is 88.2 cm³/mol. The lowest BCUT2D eigenvalue weighted by molar-refractivity contribution is 0.560. The van der Waals surface area contributed by atoms with Crippen LogP contribution in [0.3, 0.4) is 0 Å². The number of hydrogen-bond acceptors (Lipinski definition) is 3. The Labute approximate surface area is 139 Å². The summed E-state index contributed by atoms with van der Waals surface area (Å²) in [6.45, 7) is 0. The molecule has 3 aromatic rings. The maximum atomic E-state index is 13.6. The van der Waals surface area contributed by atoms with Gasteiger partial charge in [-0.25, -0.2) is 17.8 Å². The Morgan fingerprint density at radius 2 is 1.88 bits per heavy atom. The molecule has 0 aliphatic carbocycles. The molecule has 5 nitrogen and oxygen atoms in total. The maximum absolute atomic E-state index is 13.6. The standard InChI is InChI=1S/C17H16FN3O2S/c1-21-11-10-19-17(21)16(13-6-5-7-14(18)12-13)20-24(22,23)15-8-3-2-4-9-15/h2-12,16,20H,1H3/t16-/m1/s1. The molecule has 0 aliphatic rings. The predicted octanol–water partition coefficient (Wildman–Crippen LogP) is 2.63. The SMILES string of the molecule is Cn1ccnc1[C@H](NS(=O)(=O)c1ccccc1)c1cccc(F)c1. The van der Waals surface area contributed by atoms with E-state index in [1.807, 2.05) is 0 Å². The first-order valence-corrected chi connectivity index (χ1v) is 8.76. The minimum absolute atomic E-state index is 0.139. The van der Waals surface area contributed by atoms with Gasteiger partial charge in [-0.3, -0.25) is 0 Å². The van der Waals surface area contributed by atoms with Crippen molar-refractivity contribution in [2.24, 2.45) is 7.05 Å². The van der Waals surface area contributed by atoms with Crippen molar-refractivity contribution < 1.29 is 12.8 Å². The zero-order valence-electron chi connectivity index (χ0n) is 12.9. The Bertz CT molecular complexity index is 939. The van der Waals surface area contributed by atoms with Gasteiger partial charge in [0.1, 0.15) is 17.7 Å². The van der Waals surface area contributed by atoms with Crippen LogP contribution in [0.15, 0.2) is 71.9 Å². The van der Waals surface area contributed by atoms with Gasteiger partial charge in [-0.15, -0.1) is 0 Å². The van der Waals surface area contributed by atoms with E-state index in [0.29, 0.717) is 11.4 Å². The van der Waals surface area contributed by atoms with Crippen LogP contribution in [0.4, 0.5) is 4.39 Å². The Kier molecular flexibility index (Phi) is 4.46. The van der Waals surface area contributed by atoms with Gasteiger partial charge in [0.2, 0.25) is 10.0 Å². The van der Waals surface area contributed by atoms with E-state index in [9.17, 15) is 12.8 Å². The fourth-order valence-electron chi connectivity index (χ4n) is 2.43. The summed E-state index contributed by atoms with van der Waals surface area (Å²) in [4.78, 5) is 4.35. The quantitative estimate of drug-likeness (QED) is 0.773. The van der Waals surface area contributed by atoms with Gasteiger partial charge >= 0.3 is 0 Å². The van der Waals surface area contributed by atoms with Crippen LogP contribution in [0.25, 0.3) is 0 Å². The Balaban J connectivity index is 2.05. The van der Waals surface area contributed by atoms with Crippen LogP contribution in [-0.4, -0.2) is 18.0 Å². The average molecular weight is 345 g/mol. The van der Waals surface area contributed by atoms with Crippen molar-refractivity contribution in [1.82, 2.24) is 14.3 Å². The molecule has 1 atom stereocenters. The fraction of sp³-hybridized carbons (Fsp3) is 0.118. The normalized spacial score (nSPS) is 12.9. The van der Waals surface area contributed by atoms with E-state index in [2.05, 4.69) is 9.71 Å². The second kappa shape index (κ2) is 6.54. The molecule has 1 N–H and O–H groups in total. The molecule has 124 valence electrons. The first-order chi connectivity index (χ1) is 11.5. The van der Waals surface area contributed by atoms with Gasteiger partial charge in [0.25, 0.3) is 0 Å². The lowest BCUT2D eigenvalue weighted by Crippen LogP contribution is -2.31. The number of rotatable bonds is 5. The number of aromatic nitrogens is 2. The van der Waals surface area contributed by atoms with Gasteiger partial charge in [-0.05, 0) is 29.8 Å². The molecule has 0 fully saturated rings. The lowest BCUT2D eigenvalue weighted by Gasteiger charge is -2.19. The second-order valence-corrected chi connectivity index (χ2v) is 7.03. The summed E-state index contributed by atoms with van der Waals surface area (Å²) in [5.74, 6) is 0.0331. The van der Waals surface area contributed by atoms with Crippen LogP contribution in [-0.2, 0) is 17.1 Å². The smallest absolute Gasteiger partial charge is 0.241 e. The van der Waals surface area contributed by atoms with Crippen LogP contribution in [0.5, 0.6) is 0 Å². The Morgan fingerprint density at radius 3 is 2.50 bits per heavy atom. The van der Waals surface area contributed by atoms with Crippen LogP contribution in [0.2, 0.25) is 0 Å². The summed E-state index contributed by atoms with van der Waals surface area (Å²) in [6.07, 6.45) is 3.27. The van der Waals surface area contributed by atoms with Gasteiger partial charge < -0.3 is 4.57 Å². The maximum Gasteiger partial charge on any atom is 0.241 e. The van der Waals surface area contributed by atoms with Gasteiger partial charge in [0, 0.05) is 19.4 Å². The van der Waals surface area contributed by atoms with Crippen LogP contribution in [0, 0.1) is 5.82 Å². The number of halogens is 1. The minimum atomic E-state index is -3.79. The van der Waals surface area contributed by atoms with E-state index in [0.717, 1.165) is 0 Å². The molecule has 0 radical (unpaired) electrons. The Hall–Kier alpha value is -2.51. The van der Waals surface area contributed by atoms with Gasteiger partial charge in [-0.2, -0.15) is 4.72 Å². The van der Waals surface area contributed by atoms with Gasteiger partial charge in [-0.1, -0.05) is 30.3 Å². The van der Waals surface area contributed by atoms with E-state index in [4.69, 9.17) is 0 Å². The summed E-state index contributed by atoms with van der Waals surface area (Å²) in [6, 6.07) is 13.0. The molecule has 24 heavy (non-hydrogen) atoms. The molecule has 2 aromatic carbocycles. The highest BCUT2D eigenvalue weighted by molar-refractivity contribution is 7.89. The number of imidazole rings is 1. The van der Waals surface area contributed by atoms with Crippen LogP contribution < -0.4 is 4.72 Å². The number of hydrogen-bond donors (Lipinski definition) is 1. The summed E-state index contributed by atoms with van der Waals surface area (Å²) in [7, 11) is -2.03. The van der Waals surface area contributed by atoms with Crippen molar-refractivity contribution in [3.05, 3.63) is 84.2 Å². The van der Waals surface area contributed by atoms with E-state index < -0.39 is 21.9 Å². The van der Waals surface area contributed by atoms with Crippen molar-refractivity contribution in [2.45, 2.75) is 10.9 Å². The van der Waals surface area contributed by atoms with Crippen LogP contribution >= 0.6 is 0 Å². The molecule has 1 heterocycles. The molecule has 0 bridgehead atoms. The van der Waals surface area contributed by atoms with E-state index in [1.165, 1.54) is 30.3 Å². The third-order valence-corrected chi connectivity index (χ3v) is 5.06. The van der Waals surface area contributed by atoms with E-state index >= 15 is 0 Å². The number of nitrogens with zero attached hydrogens (tertiary/aromatic N) is 2. The zero-order valence-corrected chi connectivity index (χ0v) is 13.7. The van der Waals surface area contributed by atoms with E-state index in [1.54, 1.807) is 48.3 Å². The first kappa shape index (κ1) is 16.4. The monoisotopic (exact) mass is 345 g/mol. The number of sulfonamides is 1. The Morgan fingerprint density at radius 1 is 1.12 bits per heavy atom. The van der Waals surface area contributed by atoms with Gasteiger partial charge in [0.05, 0.1) is 4.90 Å². The second-order valence-electron chi connectivity index (χ2n) is 5.32. The molecular weight excluding hydrogens is 329 g/mol. The lowest BCUT2D eigenvalue weighted by atomic mass is 10.1. The summed E-state index contributed by atoms with van der Waals surface area (Å²) in [5.41, 5.74) is 0.476. The first-order valence-electron chi connectivity index (χ1n) is 7.27. The van der Waals surface area contributed by atoms with Crippen molar-refractivity contribution in [1.29, 1.82) is 0 Å². The summed E-state index contributed by atoms with van der Waals surface area (Å²) < 4.78 is 43.3. The fourth-order valence-corrected chi connectivity index (χ4v) is 3.64. The number of aryl methyl sites for hydroxylation is 1. The molecule has 0 saturated carbocycles. The topological polar surface area (TPSA) is 64.0 Å². The minimum Gasteiger partial charge on any atom is -0.336 e. The highest BCUT2D eigenvalue weighted by Crippen LogP contribution is 2.23. The molecule has 7 heteroatoms. The van der Waals surface area contributed by atoms with E-state index in [-0.39, 0.29) is 4.90 Å². The highest BCUT2D eigenvalue weighted by atomic mass is 32.2. The molecule has 3 rings (SSSR count). The van der Waals surface area contributed by atoms with Gasteiger partial charge in [0.15, 0.2) is 0 Å². The number of benzene rings is 2. The molecule has 0 unspecified atom stereocenters. The third-order valence-electron chi connectivity index (χ3n) is 3.63. The van der Waals surface area contributed by atoms with Crippen LogP contribution in [0.1, 0.15) is 17.4 Å². The third kappa shape index (κ3) is 3.37. The van der Waals surface area contributed by atoms with Crippen molar-refractivity contribution in [3.8, 4) is 0 Å². The zero-order chi connectivity index (χ0) is 17.2. The highest BCUT2D eigenvalue weighted by Gasteiger charge is 2.25. The van der Waals surface area contributed by atoms with Crippen molar-refractivity contribution >= 4 is 10.0 Å². The van der Waals surface area contributed by atoms with Crippen molar-refractivity contribution in [2.75, 3.05) is 0 Å². The van der Waals surface area contributed by atoms with Crippen molar-refractivity contribution in [3.63, 3.8) is 0 Å². The molecule has 0 aliphatic heterocycles. The molecule has 0 amide bonds.